The molecule has 2 rings (SSSR count). The second-order valence-electron chi connectivity index (χ2n) is 7.42. The molecule has 2 unspecified atom stereocenters. The van der Waals surface area contributed by atoms with Crippen molar-refractivity contribution < 1.29 is 17.9 Å². The van der Waals surface area contributed by atoms with Crippen LogP contribution in [0.5, 0.6) is 5.75 Å². The summed E-state index contributed by atoms with van der Waals surface area (Å²) in [6.45, 7) is 13.1. The molecular weight excluding hydrogens is 376 g/mol. The minimum atomic E-state index is -3.78. The Morgan fingerprint density at radius 1 is 1.21 bits per heavy atom. The van der Waals surface area contributed by atoms with E-state index in [4.69, 9.17) is 4.74 Å². The molecule has 0 radical (unpaired) electrons. The van der Waals surface area contributed by atoms with Gasteiger partial charge in [-0.25, -0.2) is 8.42 Å². The zero-order chi connectivity index (χ0) is 20.9. The zero-order valence-corrected chi connectivity index (χ0v) is 17.7. The molecule has 1 amide bonds. The third-order valence-corrected chi connectivity index (χ3v) is 6.70. The van der Waals surface area contributed by atoms with E-state index in [1.54, 1.807) is 23.1 Å². The minimum Gasteiger partial charge on any atom is -0.495 e. The number of hydrogen-bond acceptors (Lipinski definition) is 4. The maximum Gasteiger partial charge on any atom is 0.254 e. The van der Waals surface area contributed by atoms with Gasteiger partial charge in [0.15, 0.2) is 0 Å². The van der Waals surface area contributed by atoms with Crippen LogP contribution < -0.4 is 4.74 Å². The van der Waals surface area contributed by atoms with Crippen molar-refractivity contribution in [1.29, 1.82) is 0 Å². The zero-order valence-electron chi connectivity index (χ0n) is 16.9. The summed E-state index contributed by atoms with van der Waals surface area (Å²) in [6, 6.07) is 4.54. The molecule has 0 N–H and O–H groups in total. The summed E-state index contributed by atoms with van der Waals surface area (Å²) in [7, 11) is -2.35. The maximum absolute atomic E-state index is 13.3. The van der Waals surface area contributed by atoms with Gasteiger partial charge in [-0.2, -0.15) is 4.31 Å². The number of piperidine rings is 1. The summed E-state index contributed by atoms with van der Waals surface area (Å²) in [6.07, 6.45) is 4.25. The van der Waals surface area contributed by atoms with Gasteiger partial charge in [-0.15, -0.1) is 13.2 Å². The van der Waals surface area contributed by atoms with Gasteiger partial charge in [0.2, 0.25) is 10.0 Å². The molecule has 0 spiro atoms. The van der Waals surface area contributed by atoms with Gasteiger partial charge in [0.1, 0.15) is 10.6 Å². The van der Waals surface area contributed by atoms with Crippen LogP contribution >= 0.6 is 0 Å². The third kappa shape index (κ3) is 4.83. The molecular formula is C21H30N2O4S. The maximum atomic E-state index is 13.3. The van der Waals surface area contributed by atoms with Crippen LogP contribution in [0.4, 0.5) is 0 Å². The molecule has 1 heterocycles. The van der Waals surface area contributed by atoms with E-state index in [0.717, 1.165) is 6.42 Å². The van der Waals surface area contributed by atoms with Crippen molar-refractivity contribution in [3.8, 4) is 5.75 Å². The minimum absolute atomic E-state index is 0.0271. The quantitative estimate of drug-likeness (QED) is 0.622. The predicted molar refractivity (Wildman–Crippen MR) is 111 cm³/mol. The molecule has 0 aromatic heterocycles. The Balaban J connectivity index is 2.45. The molecule has 1 aliphatic heterocycles. The predicted octanol–water partition coefficient (Wildman–Crippen LogP) is 3.18. The normalized spacial score (nSPS) is 20.4. The summed E-state index contributed by atoms with van der Waals surface area (Å²) >= 11 is 0. The summed E-state index contributed by atoms with van der Waals surface area (Å²) in [5.41, 5.74) is 0.293. The summed E-state index contributed by atoms with van der Waals surface area (Å²) in [4.78, 5) is 14.4. The fourth-order valence-electron chi connectivity index (χ4n) is 3.69. The number of carbonyl (C=O) groups excluding carboxylic acids is 1. The van der Waals surface area contributed by atoms with Gasteiger partial charge in [0.25, 0.3) is 5.91 Å². The third-order valence-electron chi connectivity index (χ3n) is 4.85. The van der Waals surface area contributed by atoms with E-state index in [0.29, 0.717) is 31.7 Å². The van der Waals surface area contributed by atoms with Gasteiger partial charge in [-0.05, 0) is 36.5 Å². The first-order valence-electron chi connectivity index (χ1n) is 9.43. The summed E-state index contributed by atoms with van der Waals surface area (Å²) < 4.78 is 33.5. The van der Waals surface area contributed by atoms with E-state index >= 15 is 0 Å². The first-order chi connectivity index (χ1) is 13.2. The Kier molecular flexibility index (Phi) is 7.43. The van der Waals surface area contributed by atoms with Crippen molar-refractivity contribution in [3.05, 3.63) is 49.1 Å². The number of ether oxygens (including phenoxy) is 1. The first kappa shape index (κ1) is 22.2. The van der Waals surface area contributed by atoms with Crippen molar-refractivity contribution in [1.82, 2.24) is 9.21 Å². The molecule has 0 saturated carbocycles. The van der Waals surface area contributed by atoms with Crippen LogP contribution in [0.2, 0.25) is 0 Å². The van der Waals surface area contributed by atoms with Crippen LogP contribution in [0.15, 0.2) is 48.4 Å². The molecule has 154 valence electrons. The lowest BCUT2D eigenvalue weighted by Crippen LogP contribution is -2.42. The standard InChI is InChI=1S/C21H30N2O4S/c1-6-10-22(11-7-2)21(24)18-8-9-19(27-5)20(13-18)28(25,26)23-14-16(3)12-17(4)15-23/h6-9,13,16-17H,1-2,10-12,14-15H2,3-5H3. The molecule has 1 aromatic rings. The van der Waals surface area contributed by atoms with Crippen LogP contribution in [0.1, 0.15) is 30.6 Å². The Morgan fingerprint density at radius 2 is 1.79 bits per heavy atom. The average molecular weight is 407 g/mol. The Bertz CT molecular complexity index is 815. The molecule has 1 aromatic carbocycles. The second-order valence-corrected chi connectivity index (χ2v) is 9.33. The highest BCUT2D eigenvalue weighted by atomic mass is 32.2. The van der Waals surface area contributed by atoms with Crippen LogP contribution in [-0.2, 0) is 10.0 Å². The van der Waals surface area contributed by atoms with Crippen molar-refractivity contribution >= 4 is 15.9 Å². The van der Waals surface area contributed by atoms with E-state index in [1.165, 1.54) is 23.5 Å². The van der Waals surface area contributed by atoms with Crippen molar-refractivity contribution in [3.63, 3.8) is 0 Å². The van der Waals surface area contributed by atoms with E-state index in [1.807, 2.05) is 0 Å². The Labute approximate surface area is 168 Å². The van der Waals surface area contributed by atoms with Gasteiger partial charge in [0, 0.05) is 31.7 Å². The van der Waals surface area contributed by atoms with Crippen molar-refractivity contribution in [2.75, 3.05) is 33.3 Å². The molecule has 1 aliphatic rings. The number of methoxy groups -OCH3 is 1. The number of rotatable bonds is 8. The number of hydrogen-bond donors (Lipinski definition) is 0. The molecule has 7 heteroatoms. The molecule has 0 bridgehead atoms. The summed E-state index contributed by atoms with van der Waals surface area (Å²) in [5.74, 6) is 0.524. The lowest BCUT2D eigenvalue weighted by molar-refractivity contribution is 0.0790. The average Bonchev–Trinajstić information content (AvgIpc) is 2.66. The molecule has 2 atom stereocenters. The van der Waals surface area contributed by atoms with Crippen molar-refractivity contribution in [2.45, 2.75) is 25.2 Å². The van der Waals surface area contributed by atoms with Crippen LogP contribution in [-0.4, -0.2) is 56.8 Å². The molecule has 0 aliphatic carbocycles. The highest BCUT2D eigenvalue weighted by Crippen LogP contribution is 2.32. The monoisotopic (exact) mass is 406 g/mol. The van der Waals surface area contributed by atoms with Crippen molar-refractivity contribution in [2.24, 2.45) is 11.8 Å². The van der Waals surface area contributed by atoms with Crippen LogP contribution in [0.3, 0.4) is 0 Å². The number of amides is 1. The van der Waals surface area contributed by atoms with Crippen LogP contribution in [0, 0.1) is 11.8 Å². The second kappa shape index (κ2) is 9.39. The smallest absolute Gasteiger partial charge is 0.254 e. The number of nitrogens with zero attached hydrogens (tertiary/aromatic N) is 2. The van der Waals surface area contributed by atoms with Gasteiger partial charge in [-0.1, -0.05) is 26.0 Å². The number of benzene rings is 1. The SMILES string of the molecule is C=CCN(CC=C)C(=O)c1ccc(OC)c(S(=O)(=O)N2CC(C)CC(C)C2)c1. The lowest BCUT2D eigenvalue weighted by atomic mass is 9.94. The molecule has 28 heavy (non-hydrogen) atoms. The van der Waals surface area contributed by atoms with Gasteiger partial charge in [0.05, 0.1) is 7.11 Å². The largest absolute Gasteiger partial charge is 0.495 e. The highest BCUT2D eigenvalue weighted by molar-refractivity contribution is 7.89. The fraction of sp³-hybridized carbons (Fsp3) is 0.476. The Hall–Kier alpha value is -2.12. The summed E-state index contributed by atoms with van der Waals surface area (Å²) in [5, 5.41) is 0. The molecule has 1 saturated heterocycles. The van der Waals surface area contributed by atoms with Gasteiger partial charge in [-0.3, -0.25) is 4.79 Å². The Morgan fingerprint density at radius 3 is 2.29 bits per heavy atom. The number of sulfonamides is 1. The van der Waals surface area contributed by atoms with Gasteiger partial charge >= 0.3 is 0 Å². The van der Waals surface area contributed by atoms with E-state index < -0.39 is 10.0 Å². The number of carbonyl (C=O) groups is 1. The van der Waals surface area contributed by atoms with E-state index in [-0.39, 0.29) is 28.4 Å². The fourth-order valence-corrected chi connectivity index (χ4v) is 5.55. The first-order valence-corrected chi connectivity index (χ1v) is 10.9. The highest BCUT2D eigenvalue weighted by Gasteiger charge is 2.34. The molecule has 6 nitrogen and oxygen atoms in total. The van der Waals surface area contributed by atoms with Crippen LogP contribution in [0.25, 0.3) is 0 Å². The van der Waals surface area contributed by atoms with Gasteiger partial charge < -0.3 is 9.64 Å². The topological polar surface area (TPSA) is 66.9 Å². The lowest BCUT2D eigenvalue weighted by Gasteiger charge is -2.34. The molecule has 1 fully saturated rings. The van der Waals surface area contributed by atoms with E-state index in [2.05, 4.69) is 27.0 Å². The van der Waals surface area contributed by atoms with E-state index in [9.17, 15) is 13.2 Å².